The molecule has 21 heavy (non-hydrogen) atoms. The second-order valence-electron chi connectivity index (χ2n) is 4.67. The van der Waals surface area contributed by atoms with Crippen LogP contribution in [0.5, 0.6) is 5.75 Å². The lowest BCUT2D eigenvalue weighted by Crippen LogP contribution is -2.14. The van der Waals surface area contributed by atoms with Gasteiger partial charge in [0.1, 0.15) is 5.75 Å². The summed E-state index contributed by atoms with van der Waals surface area (Å²) in [6.45, 7) is 3.30. The van der Waals surface area contributed by atoms with E-state index in [1.165, 1.54) is 24.3 Å². The van der Waals surface area contributed by atoms with Gasteiger partial charge in [-0.2, -0.15) is 5.26 Å². The Labute approximate surface area is 123 Å². The Hall–Kier alpha value is -2.52. The fourth-order valence-electron chi connectivity index (χ4n) is 1.96. The zero-order valence-corrected chi connectivity index (χ0v) is 12.4. The first-order valence-electron chi connectivity index (χ1n) is 6.17. The number of para-hydroxylation sites is 1. The van der Waals surface area contributed by atoms with Crippen molar-refractivity contribution >= 4 is 15.7 Å². The molecular formula is C15H14N2O3S. The van der Waals surface area contributed by atoms with Crippen molar-refractivity contribution in [2.24, 2.45) is 0 Å². The van der Waals surface area contributed by atoms with Crippen LogP contribution in [-0.4, -0.2) is 13.5 Å². The van der Waals surface area contributed by atoms with E-state index in [9.17, 15) is 13.5 Å². The van der Waals surface area contributed by atoms with Crippen LogP contribution in [0.15, 0.2) is 41.3 Å². The molecule has 2 aromatic carbocycles. The Morgan fingerprint density at radius 2 is 1.86 bits per heavy atom. The Morgan fingerprint density at radius 1 is 1.14 bits per heavy atom. The van der Waals surface area contributed by atoms with Gasteiger partial charge in [-0.05, 0) is 49.2 Å². The van der Waals surface area contributed by atoms with Gasteiger partial charge in [0, 0.05) is 0 Å². The summed E-state index contributed by atoms with van der Waals surface area (Å²) in [5.41, 5.74) is 1.56. The lowest BCUT2D eigenvalue weighted by atomic mass is 10.2. The highest BCUT2D eigenvalue weighted by atomic mass is 32.2. The minimum absolute atomic E-state index is 0.0717. The van der Waals surface area contributed by atoms with Crippen LogP contribution in [0.2, 0.25) is 0 Å². The van der Waals surface area contributed by atoms with Crippen LogP contribution < -0.4 is 4.72 Å². The second-order valence-corrected chi connectivity index (χ2v) is 6.32. The first-order chi connectivity index (χ1) is 9.85. The molecule has 0 aromatic heterocycles. The van der Waals surface area contributed by atoms with Crippen molar-refractivity contribution in [1.82, 2.24) is 0 Å². The maximum absolute atomic E-state index is 12.4. The summed E-state index contributed by atoms with van der Waals surface area (Å²) >= 11 is 0. The molecule has 0 aliphatic rings. The van der Waals surface area contributed by atoms with E-state index in [1.54, 1.807) is 26.0 Å². The number of rotatable bonds is 3. The zero-order valence-electron chi connectivity index (χ0n) is 11.6. The van der Waals surface area contributed by atoms with Crippen LogP contribution in [-0.2, 0) is 10.0 Å². The largest absolute Gasteiger partial charge is 0.505 e. The third kappa shape index (κ3) is 2.98. The molecule has 0 unspecified atom stereocenters. The summed E-state index contributed by atoms with van der Waals surface area (Å²) in [4.78, 5) is 0.0717. The van der Waals surface area contributed by atoms with Gasteiger partial charge in [-0.15, -0.1) is 0 Å². The predicted octanol–water partition coefficient (Wildman–Crippen LogP) is 2.68. The van der Waals surface area contributed by atoms with Crippen LogP contribution in [0, 0.1) is 25.2 Å². The van der Waals surface area contributed by atoms with E-state index in [0.717, 1.165) is 0 Å². The first-order valence-corrected chi connectivity index (χ1v) is 7.65. The number of nitriles is 1. The number of sulfonamides is 1. The zero-order chi connectivity index (χ0) is 15.6. The van der Waals surface area contributed by atoms with Gasteiger partial charge >= 0.3 is 0 Å². The SMILES string of the molecule is Cc1cc(C#N)ccc1S(=O)(=O)Nc1cccc(C)c1O. The minimum Gasteiger partial charge on any atom is -0.505 e. The van der Waals surface area contributed by atoms with E-state index in [4.69, 9.17) is 5.26 Å². The molecule has 0 atom stereocenters. The van der Waals surface area contributed by atoms with Gasteiger partial charge in [0.15, 0.2) is 0 Å². The smallest absolute Gasteiger partial charge is 0.262 e. The molecule has 0 saturated heterocycles. The van der Waals surface area contributed by atoms with E-state index < -0.39 is 10.0 Å². The number of hydrogen-bond donors (Lipinski definition) is 2. The van der Waals surface area contributed by atoms with Crippen molar-refractivity contribution in [3.63, 3.8) is 0 Å². The van der Waals surface area contributed by atoms with E-state index >= 15 is 0 Å². The maximum atomic E-state index is 12.4. The Balaban J connectivity index is 2.44. The maximum Gasteiger partial charge on any atom is 0.262 e. The summed E-state index contributed by atoms with van der Waals surface area (Å²) in [7, 11) is -3.83. The monoisotopic (exact) mass is 302 g/mol. The van der Waals surface area contributed by atoms with Gasteiger partial charge in [-0.3, -0.25) is 4.72 Å². The van der Waals surface area contributed by atoms with Crippen LogP contribution in [0.3, 0.4) is 0 Å². The van der Waals surface area contributed by atoms with Gasteiger partial charge < -0.3 is 5.11 Å². The lowest BCUT2D eigenvalue weighted by Gasteiger charge is -2.12. The molecule has 0 amide bonds. The van der Waals surface area contributed by atoms with Crippen LogP contribution in [0.1, 0.15) is 16.7 Å². The molecule has 0 radical (unpaired) electrons. The van der Waals surface area contributed by atoms with Gasteiger partial charge in [0.25, 0.3) is 10.0 Å². The normalized spacial score (nSPS) is 10.9. The van der Waals surface area contributed by atoms with Crippen LogP contribution in [0.4, 0.5) is 5.69 Å². The number of anilines is 1. The number of hydrogen-bond acceptors (Lipinski definition) is 4. The predicted molar refractivity (Wildman–Crippen MR) is 79.5 cm³/mol. The molecule has 0 heterocycles. The third-order valence-corrected chi connectivity index (χ3v) is 4.60. The molecule has 0 spiro atoms. The molecular weight excluding hydrogens is 288 g/mol. The van der Waals surface area contributed by atoms with Crippen molar-refractivity contribution in [3.05, 3.63) is 53.1 Å². The van der Waals surface area contributed by atoms with E-state index in [0.29, 0.717) is 16.7 Å². The fourth-order valence-corrected chi connectivity index (χ4v) is 3.26. The molecule has 0 fully saturated rings. The molecule has 2 rings (SSSR count). The van der Waals surface area contributed by atoms with Gasteiger partial charge in [-0.25, -0.2) is 8.42 Å². The average molecular weight is 302 g/mol. The highest BCUT2D eigenvalue weighted by Crippen LogP contribution is 2.29. The number of benzene rings is 2. The van der Waals surface area contributed by atoms with E-state index in [-0.39, 0.29) is 16.3 Å². The number of phenolic OH excluding ortho intramolecular Hbond substituents is 1. The van der Waals surface area contributed by atoms with Crippen molar-refractivity contribution < 1.29 is 13.5 Å². The standard InChI is InChI=1S/C15H14N2O3S/c1-10-4-3-5-13(15(10)18)17-21(19,20)14-7-6-12(9-16)8-11(14)2/h3-8,17-18H,1-2H3. The molecule has 5 nitrogen and oxygen atoms in total. The topological polar surface area (TPSA) is 90.2 Å². The highest BCUT2D eigenvalue weighted by Gasteiger charge is 2.19. The molecule has 108 valence electrons. The average Bonchev–Trinajstić information content (AvgIpc) is 2.43. The molecule has 2 N–H and O–H groups in total. The van der Waals surface area contributed by atoms with Gasteiger partial charge in [-0.1, -0.05) is 12.1 Å². The van der Waals surface area contributed by atoms with Crippen molar-refractivity contribution in [1.29, 1.82) is 5.26 Å². The Morgan fingerprint density at radius 3 is 2.48 bits per heavy atom. The summed E-state index contributed by atoms with van der Waals surface area (Å²) in [5.74, 6) is -0.104. The summed E-state index contributed by atoms with van der Waals surface area (Å²) in [6, 6.07) is 11.1. The summed E-state index contributed by atoms with van der Waals surface area (Å²) in [6.07, 6.45) is 0. The molecule has 0 aliphatic heterocycles. The Kier molecular flexibility index (Phi) is 3.87. The number of nitrogens with one attached hydrogen (secondary N) is 1. The van der Waals surface area contributed by atoms with Crippen molar-refractivity contribution in [2.45, 2.75) is 18.7 Å². The van der Waals surface area contributed by atoms with Crippen molar-refractivity contribution in [2.75, 3.05) is 4.72 Å². The Bertz CT molecular complexity index is 836. The molecule has 6 heteroatoms. The van der Waals surface area contributed by atoms with Crippen molar-refractivity contribution in [3.8, 4) is 11.8 Å². The highest BCUT2D eigenvalue weighted by molar-refractivity contribution is 7.92. The third-order valence-electron chi connectivity index (χ3n) is 3.08. The number of aryl methyl sites for hydroxylation is 2. The quantitative estimate of drug-likeness (QED) is 0.853. The van der Waals surface area contributed by atoms with E-state index in [2.05, 4.69) is 4.72 Å². The number of phenols is 1. The fraction of sp³-hybridized carbons (Fsp3) is 0.133. The molecule has 2 aromatic rings. The molecule has 0 aliphatic carbocycles. The molecule has 0 saturated carbocycles. The lowest BCUT2D eigenvalue weighted by molar-refractivity contribution is 0.473. The minimum atomic E-state index is -3.83. The van der Waals surface area contributed by atoms with Crippen LogP contribution in [0.25, 0.3) is 0 Å². The first kappa shape index (κ1) is 14.9. The van der Waals surface area contributed by atoms with Gasteiger partial charge in [0.2, 0.25) is 0 Å². The summed E-state index contributed by atoms with van der Waals surface area (Å²) < 4.78 is 27.1. The van der Waals surface area contributed by atoms with Gasteiger partial charge in [0.05, 0.1) is 22.2 Å². The van der Waals surface area contributed by atoms with Crippen LogP contribution >= 0.6 is 0 Å². The number of nitrogens with zero attached hydrogens (tertiary/aromatic N) is 1. The molecule has 0 bridgehead atoms. The second kappa shape index (κ2) is 5.46. The number of aromatic hydroxyl groups is 1. The summed E-state index contributed by atoms with van der Waals surface area (Å²) in [5, 5.41) is 18.7. The van der Waals surface area contributed by atoms with E-state index in [1.807, 2.05) is 6.07 Å².